The lowest BCUT2D eigenvalue weighted by Crippen LogP contribution is -2.61. The van der Waals surface area contributed by atoms with Crippen molar-refractivity contribution < 1.29 is 14.7 Å². The van der Waals surface area contributed by atoms with E-state index in [0.29, 0.717) is 23.9 Å². The van der Waals surface area contributed by atoms with Crippen molar-refractivity contribution in [2.24, 2.45) is 17.8 Å². The number of nitrogens with one attached hydrogen (secondary N) is 1. The molecule has 5 nitrogen and oxygen atoms in total. The molecule has 2 N–H and O–H groups in total. The number of carbonyl (C=O) groups excluding carboxylic acids is 2. The van der Waals surface area contributed by atoms with E-state index in [-0.39, 0.29) is 30.4 Å². The van der Waals surface area contributed by atoms with Gasteiger partial charge in [-0.1, -0.05) is 19.3 Å². The fourth-order valence-electron chi connectivity index (χ4n) is 6.99. The molecule has 0 spiro atoms. The molecule has 0 radical (unpaired) electrons. The Morgan fingerprint density at radius 2 is 1.61 bits per heavy atom. The summed E-state index contributed by atoms with van der Waals surface area (Å²) in [7, 11) is 0. The molecule has 5 heteroatoms. The van der Waals surface area contributed by atoms with Crippen LogP contribution in [-0.2, 0) is 9.59 Å². The molecule has 31 heavy (non-hydrogen) atoms. The largest absolute Gasteiger partial charge is 0.396 e. The minimum atomic E-state index is -0.147. The highest BCUT2D eigenvalue weighted by Gasteiger charge is 2.51. The van der Waals surface area contributed by atoms with Crippen LogP contribution >= 0.6 is 0 Å². The summed E-state index contributed by atoms with van der Waals surface area (Å²) in [4.78, 5) is 29.9. The van der Waals surface area contributed by atoms with Gasteiger partial charge in [0.15, 0.2) is 0 Å². The van der Waals surface area contributed by atoms with Crippen LogP contribution in [-0.4, -0.2) is 46.6 Å². The Hall–Kier alpha value is -1.36. The Morgan fingerprint density at radius 3 is 2.29 bits per heavy atom. The van der Waals surface area contributed by atoms with E-state index in [4.69, 9.17) is 0 Å². The lowest BCUT2D eigenvalue weighted by Gasteiger charge is -2.52. The standard InChI is InChI=1S/C26H40N2O3/c29-16-17-10-12-18(13-11-17)24-23(25(30)27-19-14-15-19)21-8-4-5-9-22(21)26(31)28(24)20-6-2-1-3-7-20/h17-20,23-24,29H,1-16H2,(H,27,30)/t17?,18?,23-,24+/m1/s1. The second kappa shape index (κ2) is 9.25. The van der Waals surface area contributed by atoms with Gasteiger partial charge in [-0.3, -0.25) is 9.59 Å². The van der Waals surface area contributed by atoms with E-state index >= 15 is 0 Å². The highest BCUT2D eigenvalue weighted by Crippen LogP contribution is 2.47. The number of nitrogens with zero attached hydrogens (tertiary/aromatic N) is 1. The van der Waals surface area contributed by atoms with E-state index in [1.165, 1.54) is 24.8 Å². The lowest BCUT2D eigenvalue weighted by atomic mass is 9.67. The monoisotopic (exact) mass is 428 g/mol. The SMILES string of the molecule is O=C(NC1CC1)[C@@H]1C2=C(CCCC2)C(=O)N(C2CCCCC2)[C@H]1C1CCC(CO)CC1. The maximum Gasteiger partial charge on any atom is 0.250 e. The average Bonchev–Trinajstić information content (AvgIpc) is 3.63. The Bertz CT molecular complexity index is 714. The molecule has 0 unspecified atom stereocenters. The number of rotatable bonds is 5. The number of hydrogen-bond acceptors (Lipinski definition) is 3. The zero-order valence-corrected chi connectivity index (χ0v) is 19.0. The minimum absolute atomic E-state index is 0.0193. The van der Waals surface area contributed by atoms with Gasteiger partial charge >= 0.3 is 0 Å². The first-order valence-electron chi connectivity index (χ1n) is 13.1. The average molecular weight is 429 g/mol. The number of carbonyl (C=O) groups is 2. The molecule has 0 bridgehead atoms. The molecule has 172 valence electrons. The number of aliphatic hydroxyl groups excluding tert-OH is 1. The van der Waals surface area contributed by atoms with Gasteiger partial charge in [0.05, 0.1) is 12.0 Å². The van der Waals surface area contributed by atoms with Gasteiger partial charge in [0, 0.05) is 24.3 Å². The maximum atomic E-state index is 13.9. The Morgan fingerprint density at radius 1 is 0.903 bits per heavy atom. The summed E-state index contributed by atoms with van der Waals surface area (Å²) in [6.45, 7) is 0.267. The number of amides is 2. The summed E-state index contributed by atoms with van der Waals surface area (Å²) in [6.07, 6.45) is 16.1. The van der Waals surface area contributed by atoms with Gasteiger partial charge < -0.3 is 15.3 Å². The highest BCUT2D eigenvalue weighted by atomic mass is 16.3. The molecule has 1 aliphatic heterocycles. The van der Waals surface area contributed by atoms with E-state index in [2.05, 4.69) is 10.2 Å². The first kappa shape index (κ1) is 21.5. The number of aliphatic hydroxyl groups is 1. The van der Waals surface area contributed by atoms with Gasteiger partial charge in [0.25, 0.3) is 0 Å². The van der Waals surface area contributed by atoms with E-state index in [9.17, 15) is 14.7 Å². The Labute approximate surface area is 187 Å². The topological polar surface area (TPSA) is 69.6 Å². The van der Waals surface area contributed by atoms with Crippen molar-refractivity contribution in [2.75, 3.05) is 6.61 Å². The third-order valence-corrected chi connectivity index (χ3v) is 8.85. The number of hydrogen-bond donors (Lipinski definition) is 2. The van der Waals surface area contributed by atoms with E-state index < -0.39 is 0 Å². The van der Waals surface area contributed by atoms with Crippen molar-refractivity contribution >= 4 is 11.8 Å². The van der Waals surface area contributed by atoms with Crippen LogP contribution in [0, 0.1) is 17.8 Å². The van der Waals surface area contributed by atoms with Gasteiger partial charge in [0.1, 0.15) is 0 Å². The van der Waals surface area contributed by atoms with E-state index in [0.717, 1.165) is 82.6 Å². The second-order valence-electron chi connectivity index (χ2n) is 10.9. The van der Waals surface area contributed by atoms with Crippen molar-refractivity contribution in [1.82, 2.24) is 10.2 Å². The van der Waals surface area contributed by atoms with Crippen molar-refractivity contribution in [1.29, 1.82) is 0 Å². The fourth-order valence-corrected chi connectivity index (χ4v) is 6.99. The van der Waals surface area contributed by atoms with Gasteiger partial charge in [-0.15, -0.1) is 0 Å². The van der Waals surface area contributed by atoms with E-state index in [1.807, 2.05) is 0 Å². The zero-order chi connectivity index (χ0) is 21.4. The molecule has 0 aromatic heterocycles. The first-order chi connectivity index (χ1) is 15.2. The normalized spacial score (nSPS) is 35.1. The van der Waals surface area contributed by atoms with Crippen LogP contribution < -0.4 is 5.32 Å². The second-order valence-corrected chi connectivity index (χ2v) is 10.9. The van der Waals surface area contributed by atoms with Crippen LogP contribution in [0.15, 0.2) is 11.1 Å². The van der Waals surface area contributed by atoms with Crippen LogP contribution in [0.1, 0.15) is 96.3 Å². The van der Waals surface area contributed by atoms with Gasteiger partial charge in [-0.05, 0) is 94.5 Å². The fraction of sp³-hybridized carbons (Fsp3) is 0.846. The third kappa shape index (κ3) is 4.31. The third-order valence-electron chi connectivity index (χ3n) is 8.85. The molecule has 5 rings (SSSR count). The molecular formula is C26H40N2O3. The highest BCUT2D eigenvalue weighted by molar-refractivity contribution is 5.99. The molecule has 4 aliphatic carbocycles. The van der Waals surface area contributed by atoms with Crippen LogP contribution in [0.2, 0.25) is 0 Å². The van der Waals surface area contributed by atoms with Crippen molar-refractivity contribution in [3.63, 3.8) is 0 Å². The molecule has 1 heterocycles. The molecule has 2 atom stereocenters. The minimum Gasteiger partial charge on any atom is -0.396 e. The van der Waals surface area contributed by atoms with Gasteiger partial charge in [-0.25, -0.2) is 0 Å². The Balaban J connectivity index is 1.52. The van der Waals surface area contributed by atoms with Crippen molar-refractivity contribution in [3.8, 4) is 0 Å². The van der Waals surface area contributed by atoms with Crippen LogP contribution in [0.5, 0.6) is 0 Å². The predicted octanol–water partition coefficient (Wildman–Crippen LogP) is 4.09. The smallest absolute Gasteiger partial charge is 0.250 e. The van der Waals surface area contributed by atoms with Crippen LogP contribution in [0.3, 0.4) is 0 Å². The predicted molar refractivity (Wildman–Crippen MR) is 120 cm³/mol. The molecule has 3 saturated carbocycles. The van der Waals surface area contributed by atoms with Crippen LogP contribution in [0.25, 0.3) is 0 Å². The van der Waals surface area contributed by atoms with Crippen molar-refractivity contribution in [2.45, 2.75) is 114 Å². The summed E-state index contributed by atoms with van der Waals surface area (Å²) in [5.74, 6) is 1.08. The maximum absolute atomic E-state index is 13.9. The first-order valence-corrected chi connectivity index (χ1v) is 13.1. The van der Waals surface area contributed by atoms with Crippen molar-refractivity contribution in [3.05, 3.63) is 11.1 Å². The molecule has 2 amide bonds. The summed E-state index contributed by atoms with van der Waals surface area (Å²) in [6, 6.07) is 0.673. The van der Waals surface area contributed by atoms with Gasteiger partial charge in [0.2, 0.25) is 11.8 Å². The van der Waals surface area contributed by atoms with E-state index in [1.54, 1.807) is 0 Å². The molecule has 5 aliphatic rings. The molecular weight excluding hydrogens is 388 g/mol. The summed E-state index contributed by atoms with van der Waals surface area (Å²) < 4.78 is 0. The molecule has 0 aromatic rings. The summed E-state index contributed by atoms with van der Waals surface area (Å²) in [5.41, 5.74) is 2.18. The van der Waals surface area contributed by atoms with Gasteiger partial charge in [-0.2, -0.15) is 0 Å². The molecule has 3 fully saturated rings. The molecule has 0 saturated heterocycles. The summed E-state index contributed by atoms with van der Waals surface area (Å²) in [5, 5.41) is 13.0. The zero-order valence-electron chi connectivity index (χ0n) is 19.0. The quantitative estimate of drug-likeness (QED) is 0.693. The summed E-state index contributed by atoms with van der Waals surface area (Å²) >= 11 is 0. The Kier molecular flexibility index (Phi) is 6.41. The molecule has 0 aromatic carbocycles. The van der Waals surface area contributed by atoms with Crippen LogP contribution in [0.4, 0.5) is 0 Å². The lowest BCUT2D eigenvalue weighted by molar-refractivity contribution is -0.142.